The first-order valence-corrected chi connectivity index (χ1v) is 11.0. The first-order chi connectivity index (χ1) is 14.5. The zero-order valence-corrected chi connectivity index (χ0v) is 17.5. The molecule has 1 saturated heterocycles. The van der Waals surface area contributed by atoms with Gasteiger partial charge >= 0.3 is 5.97 Å². The molecule has 0 saturated carbocycles. The molecule has 0 unspecified atom stereocenters. The molecule has 162 valence electrons. The number of nitrogens with one attached hydrogen (secondary N) is 1. The maximum atomic E-state index is 12.7. The molecule has 9 nitrogen and oxygen atoms in total. The van der Waals surface area contributed by atoms with Crippen LogP contribution < -0.4 is 9.46 Å². The van der Waals surface area contributed by atoms with Crippen molar-refractivity contribution in [2.75, 3.05) is 40.0 Å². The molecule has 2 heterocycles. The Kier molecular flexibility index (Phi) is 7.75. The molecule has 1 fully saturated rings. The largest absolute Gasteiger partial charge is 0.489 e. The summed E-state index contributed by atoms with van der Waals surface area (Å²) in [5.74, 6) is 0.0611. The predicted octanol–water partition coefficient (Wildman–Crippen LogP) is 0.813. The molecule has 1 N–H and O–H groups in total. The minimum Gasteiger partial charge on any atom is -0.489 e. The van der Waals surface area contributed by atoms with Gasteiger partial charge in [-0.05, 0) is 42.0 Å². The van der Waals surface area contributed by atoms with E-state index in [1.165, 1.54) is 19.2 Å². The van der Waals surface area contributed by atoms with Gasteiger partial charge in [0.25, 0.3) is 0 Å². The van der Waals surface area contributed by atoms with Crippen LogP contribution in [-0.2, 0) is 30.9 Å². The zero-order valence-electron chi connectivity index (χ0n) is 16.7. The maximum absolute atomic E-state index is 12.7. The third kappa shape index (κ3) is 5.99. The van der Waals surface area contributed by atoms with Crippen LogP contribution in [0, 0.1) is 0 Å². The fourth-order valence-corrected chi connectivity index (χ4v) is 4.06. The highest BCUT2D eigenvalue weighted by Gasteiger charge is 2.30. The minimum atomic E-state index is -3.80. The molecule has 0 aliphatic carbocycles. The van der Waals surface area contributed by atoms with Crippen molar-refractivity contribution in [2.24, 2.45) is 0 Å². The van der Waals surface area contributed by atoms with E-state index in [9.17, 15) is 13.2 Å². The van der Waals surface area contributed by atoms with Crippen molar-refractivity contribution in [3.8, 4) is 5.75 Å². The lowest BCUT2D eigenvalue weighted by Gasteiger charge is -2.32. The van der Waals surface area contributed by atoms with Crippen molar-refractivity contribution in [1.29, 1.82) is 0 Å². The van der Waals surface area contributed by atoms with Crippen molar-refractivity contribution in [3.05, 3.63) is 54.4 Å². The number of ether oxygens (including phenoxy) is 3. The molecule has 1 aromatic heterocycles. The number of methoxy groups -OCH3 is 1. The van der Waals surface area contributed by atoms with E-state index in [0.29, 0.717) is 38.7 Å². The summed E-state index contributed by atoms with van der Waals surface area (Å²) >= 11 is 0. The first-order valence-electron chi connectivity index (χ1n) is 9.50. The number of carbonyl (C=O) groups is 1. The van der Waals surface area contributed by atoms with Crippen molar-refractivity contribution in [2.45, 2.75) is 17.5 Å². The SMILES string of the molecule is COC(=O)[C@H](CNS(=O)(=O)c1ccc(OCc2ccncc2)cc1)N1CCOCC1. The van der Waals surface area contributed by atoms with Gasteiger partial charge in [0.1, 0.15) is 18.4 Å². The minimum absolute atomic E-state index is 0.0874. The fourth-order valence-electron chi connectivity index (χ4n) is 3.02. The fraction of sp³-hybridized carbons (Fsp3) is 0.400. The van der Waals surface area contributed by atoms with Gasteiger partial charge in [-0.3, -0.25) is 14.7 Å². The Balaban J connectivity index is 1.60. The van der Waals surface area contributed by atoms with Crippen LogP contribution >= 0.6 is 0 Å². The quantitative estimate of drug-likeness (QED) is 0.577. The number of hydrogen-bond acceptors (Lipinski definition) is 8. The van der Waals surface area contributed by atoms with Crippen LogP contribution in [0.15, 0.2) is 53.7 Å². The first kappa shape index (κ1) is 22.2. The third-order valence-electron chi connectivity index (χ3n) is 4.72. The van der Waals surface area contributed by atoms with Gasteiger partial charge in [0.05, 0.1) is 25.2 Å². The number of esters is 1. The Morgan fingerprint density at radius 2 is 1.83 bits per heavy atom. The third-order valence-corrected chi connectivity index (χ3v) is 6.15. The Hall–Kier alpha value is -2.53. The molecule has 0 spiro atoms. The van der Waals surface area contributed by atoms with Gasteiger partial charge in [-0.2, -0.15) is 0 Å². The molecule has 10 heteroatoms. The number of rotatable bonds is 9. The van der Waals surface area contributed by atoms with Gasteiger partial charge in [-0.15, -0.1) is 0 Å². The Bertz CT molecular complexity index is 915. The second kappa shape index (κ2) is 10.5. The number of morpholine rings is 1. The van der Waals surface area contributed by atoms with E-state index >= 15 is 0 Å². The van der Waals surface area contributed by atoms with Gasteiger partial charge in [-0.25, -0.2) is 13.1 Å². The average Bonchev–Trinajstić information content (AvgIpc) is 2.79. The van der Waals surface area contributed by atoms with Crippen LogP contribution in [0.3, 0.4) is 0 Å². The van der Waals surface area contributed by atoms with E-state index in [0.717, 1.165) is 5.56 Å². The van der Waals surface area contributed by atoms with Gasteiger partial charge in [0.15, 0.2) is 0 Å². The van der Waals surface area contributed by atoms with Crippen LogP contribution in [0.25, 0.3) is 0 Å². The number of sulfonamides is 1. The Morgan fingerprint density at radius 3 is 2.47 bits per heavy atom. The molecule has 2 aromatic rings. The van der Waals surface area contributed by atoms with E-state index in [4.69, 9.17) is 14.2 Å². The maximum Gasteiger partial charge on any atom is 0.324 e. The predicted molar refractivity (Wildman–Crippen MR) is 108 cm³/mol. The summed E-state index contributed by atoms with van der Waals surface area (Å²) in [5, 5.41) is 0. The van der Waals surface area contributed by atoms with Crippen LogP contribution in [0.2, 0.25) is 0 Å². The number of aromatic nitrogens is 1. The molecular formula is C20H25N3O6S. The summed E-state index contributed by atoms with van der Waals surface area (Å²) in [5.41, 5.74) is 0.959. The normalized spacial score (nSPS) is 16.0. The molecule has 1 aliphatic heterocycles. The van der Waals surface area contributed by atoms with Gasteiger partial charge < -0.3 is 14.2 Å². The molecular weight excluding hydrogens is 410 g/mol. The average molecular weight is 436 g/mol. The van der Waals surface area contributed by atoms with Crippen LogP contribution in [0.1, 0.15) is 5.56 Å². The lowest BCUT2D eigenvalue weighted by Crippen LogP contribution is -2.52. The van der Waals surface area contributed by atoms with Crippen LogP contribution in [0.4, 0.5) is 0 Å². The molecule has 1 atom stereocenters. The number of hydrogen-bond donors (Lipinski definition) is 1. The standard InChI is InChI=1S/C20H25N3O6S/c1-27-20(24)19(23-10-12-28-13-11-23)14-22-30(25,26)18-4-2-17(3-5-18)29-15-16-6-8-21-9-7-16/h2-9,19,22H,10-15H2,1H3/t19-/m0/s1. The van der Waals surface area contributed by atoms with Crippen molar-refractivity contribution in [1.82, 2.24) is 14.6 Å². The lowest BCUT2D eigenvalue weighted by molar-refractivity contribution is -0.148. The summed E-state index contributed by atoms with van der Waals surface area (Å²) < 4.78 is 43.6. The smallest absolute Gasteiger partial charge is 0.324 e. The van der Waals surface area contributed by atoms with Gasteiger partial charge in [0, 0.05) is 32.0 Å². The highest BCUT2D eigenvalue weighted by molar-refractivity contribution is 7.89. The monoisotopic (exact) mass is 435 g/mol. The molecule has 3 rings (SSSR count). The summed E-state index contributed by atoms with van der Waals surface area (Å²) in [6.07, 6.45) is 3.36. The molecule has 1 aliphatic rings. The highest BCUT2D eigenvalue weighted by Crippen LogP contribution is 2.17. The van der Waals surface area contributed by atoms with Gasteiger partial charge in [0.2, 0.25) is 10.0 Å². The van der Waals surface area contributed by atoms with Gasteiger partial charge in [-0.1, -0.05) is 0 Å². The van der Waals surface area contributed by atoms with Crippen LogP contribution in [-0.4, -0.2) is 70.3 Å². The Morgan fingerprint density at radius 1 is 1.17 bits per heavy atom. The summed E-state index contributed by atoms with van der Waals surface area (Å²) in [6.45, 7) is 2.31. The Labute approximate surface area is 176 Å². The molecule has 1 aromatic carbocycles. The summed E-state index contributed by atoms with van der Waals surface area (Å²) in [7, 11) is -2.51. The van der Waals surface area contributed by atoms with E-state index in [-0.39, 0.29) is 11.4 Å². The molecule has 30 heavy (non-hydrogen) atoms. The van der Waals surface area contributed by atoms with E-state index in [1.54, 1.807) is 24.5 Å². The van der Waals surface area contributed by atoms with E-state index in [2.05, 4.69) is 9.71 Å². The second-order valence-electron chi connectivity index (χ2n) is 6.65. The summed E-state index contributed by atoms with van der Waals surface area (Å²) in [4.78, 5) is 18.0. The molecule has 0 amide bonds. The summed E-state index contributed by atoms with van der Waals surface area (Å²) in [6, 6.07) is 9.09. The highest BCUT2D eigenvalue weighted by atomic mass is 32.2. The van der Waals surface area contributed by atoms with Crippen LogP contribution in [0.5, 0.6) is 5.75 Å². The number of carbonyl (C=O) groups excluding carboxylic acids is 1. The van der Waals surface area contributed by atoms with E-state index in [1.807, 2.05) is 17.0 Å². The number of nitrogens with zero attached hydrogens (tertiary/aromatic N) is 2. The molecule has 0 bridgehead atoms. The van der Waals surface area contributed by atoms with Crippen molar-refractivity contribution >= 4 is 16.0 Å². The lowest BCUT2D eigenvalue weighted by atomic mass is 10.2. The van der Waals surface area contributed by atoms with Crippen molar-refractivity contribution in [3.63, 3.8) is 0 Å². The number of benzene rings is 1. The zero-order chi connectivity index (χ0) is 21.4. The van der Waals surface area contributed by atoms with Crippen molar-refractivity contribution < 1.29 is 27.4 Å². The number of pyridine rings is 1. The molecule has 0 radical (unpaired) electrons. The topological polar surface area (TPSA) is 107 Å². The van der Waals surface area contributed by atoms with E-state index < -0.39 is 22.0 Å². The second-order valence-corrected chi connectivity index (χ2v) is 8.42.